The zero-order valence-corrected chi connectivity index (χ0v) is 16.9. The van der Waals surface area contributed by atoms with Gasteiger partial charge in [-0.3, -0.25) is 14.9 Å². The molecule has 8 nitrogen and oxygen atoms in total. The predicted molar refractivity (Wildman–Crippen MR) is 111 cm³/mol. The van der Waals surface area contributed by atoms with Gasteiger partial charge in [0.15, 0.2) is 0 Å². The molecule has 29 heavy (non-hydrogen) atoms. The number of aromatic nitrogens is 3. The van der Waals surface area contributed by atoms with E-state index in [1.165, 1.54) is 16.8 Å². The molecule has 0 atom stereocenters. The number of nitro benzene ring substituents is 1. The van der Waals surface area contributed by atoms with E-state index in [0.717, 1.165) is 18.5 Å². The Labute approximate surface area is 169 Å². The summed E-state index contributed by atoms with van der Waals surface area (Å²) in [5, 5.41) is 15.8. The van der Waals surface area contributed by atoms with E-state index in [1.807, 2.05) is 43.8 Å². The van der Waals surface area contributed by atoms with Gasteiger partial charge in [0.2, 0.25) is 0 Å². The van der Waals surface area contributed by atoms with Gasteiger partial charge < -0.3 is 9.47 Å². The van der Waals surface area contributed by atoms with Crippen LogP contribution in [0.15, 0.2) is 48.7 Å². The van der Waals surface area contributed by atoms with E-state index in [4.69, 9.17) is 0 Å². The molecule has 0 saturated heterocycles. The van der Waals surface area contributed by atoms with Crippen molar-refractivity contribution in [1.82, 2.24) is 19.2 Å². The van der Waals surface area contributed by atoms with Crippen LogP contribution in [0.4, 0.5) is 5.69 Å². The fourth-order valence-electron chi connectivity index (χ4n) is 3.34. The highest BCUT2D eigenvalue weighted by atomic mass is 16.6. The lowest BCUT2D eigenvalue weighted by molar-refractivity contribution is -0.384. The number of hydrogen-bond acceptors (Lipinski definition) is 4. The topological polar surface area (TPSA) is 86.2 Å². The molecule has 0 aliphatic heterocycles. The molecule has 3 aromatic rings. The first-order chi connectivity index (χ1) is 14.0. The molecule has 0 radical (unpaired) electrons. The van der Waals surface area contributed by atoms with Crippen LogP contribution in [0.3, 0.4) is 0 Å². The third-order valence-corrected chi connectivity index (χ3v) is 4.69. The first-order valence-electron chi connectivity index (χ1n) is 9.72. The van der Waals surface area contributed by atoms with Crippen molar-refractivity contribution >= 4 is 11.6 Å². The Morgan fingerprint density at radius 2 is 1.86 bits per heavy atom. The average molecular weight is 395 g/mol. The van der Waals surface area contributed by atoms with Crippen molar-refractivity contribution in [2.24, 2.45) is 7.05 Å². The van der Waals surface area contributed by atoms with Crippen LogP contribution in [0.25, 0.3) is 17.1 Å². The monoisotopic (exact) mass is 395 g/mol. The van der Waals surface area contributed by atoms with Gasteiger partial charge in [-0.2, -0.15) is 5.10 Å². The Morgan fingerprint density at radius 1 is 1.14 bits per heavy atom. The van der Waals surface area contributed by atoms with Gasteiger partial charge in [0.25, 0.3) is 11.6 Å². The molecule has 0 bridgehead atoms. The number of hydrogen-bond donors (Lipinski definition) is 0. The van der Waals surface area contributed by atoms with Crippen LogP contribution >= 0.6 is 0 Å². The van der Waals surface area contributed by atoms with E-state index in [9.17, 15) is 14.9 Å². The minimum Gasteiger partial charge on any atom is -0.349 e. The second kappa shape index (κ2) is 8.72. The predicted octanol–water partition coefficient (Wildman–Crippen LogP) is 4.05. The Kier molecular flexibility index (Phi) is 6.11. The zero-order valence-electron chi connectivity index (χ0n) is 16.9. The third kappa shape index (κ3) is 4.21. The van der Waals surface area contributed by atoms with Crippen molar-refractivity contribution in [2.45, 2.75) is 26.7 Å². The molecule has 2 heterocycles. The average Bonchev–Trinajstić information content (AvgIpc) is 3.33. The van der Waals surface area contributed by atoms with Crippen LogP contribution in [0.1, 0.15) is 37.2 Å². The Bertz CT molecular complexity index is 1020. The summed E-state index contributed by atoms with van der Waals surface area (Å²) < 4.78 is 3.43. The SMILES string of the molecule is CCCN(CCC)C(=O)c1cc(-c2cccn2C)nn1-c1cccc([N+](=O)[O-])c1. The fraction of sp³-hybridized carbons (Fsp3) is 0.333. The summed E-state index contributed by atoms with van der Waals surface area (Å²) in [5.74, 6) is -0.131. The van der Waals surface area contributed by atoms with Crippen molar-refractivity contribution in [1.29, 1.82) is 0 Å². The molecule has 2 aromatic heterocycles. The number of aryl methyl sites for hydroxylation is 1. The maximum absolute atomic E-state index is 13.3. The summed E-state index contributed by atoms with van der Waals surface area (Å²) in [7, 11) is 1.91. The van der Waals surface area contributed by atoms with Crippen molar-refractivity contribution in [3.8, 4) is 17.1 Å². The van der Waals surface area contributed by atoms with Crippen LogP contribution < -0.4 is 0 Å². The maximum atomic E-state index is 13.3. The minimum atomic E-state index is -0.451. The molecule has 8 heteroatoms. The quantitative estimate of drug-likeness (QED) is 0.425. The molecule has 0 aliphatic carbocycles. The van der Waals surface area contributed by atoms with Gasteiger partial charge in [-0.1, -0.05) is 19.9 Å². The summed E-state index contributed by atoms with van der Waals surface area (Å²) >= 11 is 0. The third-order valence-electron chi connectivity index (χ3n) is 4.69. The molecular weight excluding hydrogens is 370 g/mol. The zero-order chi connectivity index (χ0) is 21.0. The first kappa shape index (κ1) is 20.3. The lowest BCUT2D eigenvalue weighted by atomic mass is 10.2. The van der Waals surface area contributed by atoms with E-state index in [1.54, 1.807) is 23.1 Å². The number of carbonyl (C=O) groups excluding carboxylic acids is 1. The van der Waals surface area contributed by atoms with Gasteiger partial charge in [0.05, 0.1) is 16.3 Å². The highest BCUT2D eigenvalue weighted by Crippen LogP contribution is 2.25. The molecule has 0 fully saturated rings. The van der Waals surface area contributed by atoms with Crippen molar-refractivity contribution < 1.29 is 9.72 Å². The maximum Gasteiger partial charge on any atom is 0.272 e. The van der Waals surface area contributed by atoms with E-state index in [0.29, 0.717) is 30.2 Å². The molecule has 1 aromatic carbocycles. The number of carbonyl (C=O) groups is 1. The number of benzene rings is 1. The summed E-state index contributed by atoms with van der Waals surface area (Å²) in [6.45, 7) is 5.35. The summed E-state index contributed by atoms with van der Waals surface area (Å²) in [6, 6.07) is 11.8. The summed E-state index contributed by atoms with van der Waals surface area (Å²) in [6.07, 6.45) is 3.60. The number of amides is 1. The number of nitrogens with zero attached hydrogens (tertiary/aromatic N) is 5. The second-order valence-electron chi connectivity index (χ2n) is 6.90. The number of nitro groups is 1. The fourth-order valence-corrected chi connectivity index (χ4v) is 3.34. The number of rotatable bonds is 8. The smallest absolute Gasteiger partial charge is 0.272 e. The number of non-ortho nitro benzene ring substituents is 1. The molecule has 0 N–H and O–H groups in total. The van der Waals surface area contributed by atoms with Crippen LogP contribution in [0.5, 0.6) is 0 Å². The van der Waals surface area contributed by atoms with Crippen LogP contribution in [0.2, 0.25) is 0 Å². The van der Waals surface area contributed by atoms with Gasteiger partial charge >= 0.3 is 0 Å². The van der Waals surface area contributed by atoms with Gasteiger partial charge in [-0.25, -0.2) is 4.68 Å². The van der Waals surface area contributed by atoms with Crippen molar-refractivity contribution in [3.05, 3.63) is 64.5 Å². The minimum absolute atomic E-state index is 0.0456. The van der Waals surface area contributed by atoms with E-state index in [-0.39, 0.29) is 11.6 Å². The van der Waals surface area contributed by atoms with Gasteiger partial charge in [0.1, 0.15) is 11.4 Å². The van der Waals surface area contributed by atoms with E-state index >= 15 is 0 Å². The molecule has 0 aliphatic rings. The van der Waals surface area contributed by atoms with Crippen LogP contribution in [-0.2, 0) is 7.05 Å². The van der Waals surface area contributed by atoms with Crippen molar-refractivity contribution in [3.63, 3.8) is 0 Å². The highest BCUT2D eigenvalue weighted by Gasteiger charge is 2.23. The molecule has 0 saturated carbocycles. The van der Waals surface area contributed by atoms with Gasteiger partial charge in [0, 0.05) is 38.5 Å². The Morgan fingerprint density at radius 3 is 2.45 bits per heavy atom. The first-order valence-corrected chi connectivity index (χ1v) is 9.72. The van der Waals surface area contributed by atoms with Crippen LogP contribution in [0, 0.1) is 10.1 Å². The molecule has 152 valence electrons. The molecule has 0 unspecified atom stereocenters. The van der Waals surface area contributed by atoms with E-state index < -0.39 is 4.92 Å². The molecular formula is C21H25N5O3. The highest BCUT2D eigenvalue weighted by molar-refractivity contribution is 5.94. The second-order valence-corrected chi connectivity index (χ2v) is 6.90. The molecule has 1 amide bonds. The summed E-state index contributed by atoms with van der Waals surface area (Å²) in [4.78, 5) is 25.9. The molecule has 3 rings (SSSR count). The lowest BCUT2D eigenvalue weighted by Crippen LogP contribution is -2.33. The van der Waals surface area contributed by atoms with Crippen molar-refractivity contribution in [2.75, 3.05) is 13.1 Å². The van der Waals surface area contributed by atoms with E-state index in [2.05, 4.69) is 5.10 Å². The largest absolute Gasteiger partial charge is 0.349 e. The molecule has 0 spiro atoms. The van der Waals surface area contributed by atoms with Gasteiger partial charge in [-0.05, 0) is 37.1 Å². The summed E-state index contributed by atoms with van der Waals surface area (Å²) in [5.41, 5.74) is 2.33. The standard InChI is InChI=1S/C21H25N5O3/c1-4-11-24(12-5-2)21(27)20-15-18(19-10-7-13-23(19)3)22-25(20)16-8-6-9-17(14-16)26(28)29/h6-10,13-15H,4-5,11-12H2,1-3H3. The van der Waals surface area contributed by atoms with Crippen LogP contribution in [-0.4, -0.2) is 43.2 Å². The Hall–Kier alpha value is -3.42. The normalized spacial score (nSPS) is 10.9. The Balaban J connectivity index is 2.14. The van der Waals surface area contributed by atoms with Gasteiger partial charge in [-0.15, -0.1) is 0 Å². The lowest BCUT2D eigenvalue weighted by Gasteiger charge is -2.21.